The number of carbonyl (C=O) groups is 2. The van der Waals surface area contributed by atoms with Gasteiger partial charge in [-0.05, 0) is 65.8 Å². The highest BCUT2D eigenvalue weighted by atomic mass is 16.5. The lowest BCUT2D eigenvalue weighted by atomic mass is 9.82. The SMILES string of the molecule is C=Cc1cccc(COc2ccc(/C(Nc3cc(C(=O)O)nn3C)=C(/C=O)C3CCCCC3)cc2)c1. The van der Waals surface area contributed by atoms with Gasteiger partial charge in [0.05, 0.1) is 5.70 Å². The maximum atomic E-state index is 12.3. The summed E-state index contributed by atoms with van der Waals surface area (Å²) in [5.41, 5.74) is 4.21. The number of aryl methyl sites for hydroxylation is 1. The summed E-state index contributed by atoms with van der Waals surface area (Å²) in [4.78, 5) is 23.7. The Morgan fingerprint density at radius 2 is 1.92 bits per heavy atom. The Kier molecular flexibility index (Phi) is 8.00. The molecule has 7 nitrogen and oxygen atoms in total. The minimum Gasteiger partial charge on any atom is -0.489 e. The topological polar surface area (TPSA) is 93.4 Å². The molecule has 3 aromatic rings. The van der Waals surface area contributed by atoms with E-state index in [4.69, 9.17) is 4.74 Å². The third kappa shape index (κ3) is 5.92. The summed E-state index contributed by atoms with van der Waals surface area (Å²) in [6, 6.07) is 17.1. The summed E-state index contributed by atoms with van der Waals surface area (Å²) in [6.45, 7) is 4.23. The minimum absolute atomic E-state index is 0.0612. The number of aromatic carboxylic acids is 1. The molecule has 0 unspecified atom stereocenters. The van der Waals surface area contributed by atoms with Crippen LogP contribution in [0.15, 0.2) is 66.7 Å². The number of nitrogens with zero attached hydrogens (tertiary/aromatic N) is 2. The smallest absolute Gasteiger partial charge is 0.356 e. The third-order valence-electron chi connectivity index (χ3n) is 6.55. The van der Waals surface area contributed by atoms with E-state index >= 15 is 0 Å². The van der Waals surface area contributed by atoms with Gasteiger partial charge in [0.25, 0.3) is 0 Å². The predicted molar refractivity (Wildman–Crippen MR) is 141 cm³/mol. The Morgan fingerprint density at radius 1 is 1.17 bits per heavy atom. The first-order valence-electron chi connectivity index (χ1n) is 12.2. The fraction of sp³-hybridized carbons (Fsp3) is 0.276. The molecule has 0 spiro atoms. The molecule has 7 heteroatoms. The van der Waals surface area contributed by atoms with Crippen molar-refractivity contribution in [3.63, 3.8) is 0 Å². The molecule has 36 heavy (non-hydrogen) atoms. The van der Waals surface area contributed by atoms with Crippen molar-refractivity contribution < 1.29 is 19.4 Å². The molecule has 0 bridgehead atoms. The average molecular weight is 486 g/mol. The Balaban J connectivity index is 1.62. The maximum Gasteiger partial charge on any atom is 0.356 e. The van der Waals surface area contributed by atoms with Crippen LogP contribution in [0, 0.1) is 5.92 Å². The molecule has 2 N–H and O–H groups in total. The number of aromatic nitrogens is 2. The summed E-state index contributed by atoms with van der Waals surface area (Å²) in [6.07, 6.45) is 8.00. The van der Waals surface area contributed by atoms with Crippen LogP contribution in [-0.2, 0) is 18.4 Å². The number of allylic oxidation sites excluding steroid dienone is 1. The van der Waals surface area contributed by atoms with Crippen LogP contribution >= 0.6 is 0 Å². The fourth-order valence-corrected chi connectivity index (χ4v) is 4.60. The number of rotatable bonds is 10. The molecule has 2 aromatic carbocycles. The second-order valence-electron chi connectivity index (χ2n) is 9.01. The van der Waals surface area contributed by atoms with Crippen LogP contribution in [0.5, 0.6) is 5.75 Å². The quantitative estimate of drug-likeness (QED) is 0.273. The van der Waals surface area contributed by atoms with E-state index in [1.54, 1.807) is 13.1 Å². The molecule has 1 fully saturated rings. The summed E-state index contributed by atoms with van der Waals surface area (Å²) in [7, 11) is 1.67. The number of carboxylic acid groups (broad SMARTS) is 1. The van der Waals surface area contributed by atoms with Gasteiger partial charge < -0.3 is 15.2 Å². The second kappa shape index (κ2) is 11.5. The van der Waals surface area contributed by atoms with Crippen LogP contribution in [0.1, 0.15) is 59.3 Å². The number of anilines is 1. The molecule has 1 aliphatic rings. The van der Waals surface area contributed by atoms with Crippen LogP contribution in [0.25, 0.3) is 11.8 Å². The number of hydrogen-bond acceptors (Lipinski definition) is 5. The number of carboxylic acids is 1. The number of aldehydes is 1. The van der Waals surface area contributed by atoms with Gasteiger partial charge in [-0.1, -0.05) is 50.1 Å². The van der Waals surface area contributed by atoms with Gasteiger partial charge in [0.2, 0.25) is 0 Å². The standard InChI is InChI=1S/C29H31N3O4/c1-3-20-8-7-9-21(16-20)19-36-24-14-12-23(13-15-24)28(25(18-33)22-10-5-4-6-11-22)30-27-17-26(29(34)35)31-32(27)2/h3,7-9,12-18,22,30H,1,4-6,10-11,19H2,2H3,(H,34,35)/b28-25+. The highest BCUT2D eigenvalue weighted by molar-refractivity contribution is 5.93. The van der Waals surface area contributed by atoms with Gasteiger partial charge in [-0.25, -0.2) is 4.79 Å². The van der Waals surface area contributed by atoms with E-state index < -0.39 is 5.97 Å². The molecule has 1 aliphatic carbocycles. The van der Waals surface area contributed by atoms with Crippen molar-refractivity contribution in [1.82, 2.24) is 9.78 Å². The molecule has 0 amide bonds. The average Bonchev–Trinajstić information content (AvgIpc) is 3.29. The first-order valence-corrected chi connectivity index (χ1v) is 12.2. The van der Waals surface area contributed by atoms with Crippen molar-refractivity contribution in [3.8, 4) is 5.75 Å². The van der Waals surface area contributed by atoms with E-state index in [0.717, 1.165) is 48.7 Å². The minimum atomic E-state index is -1.10. The van der Waals surface area contributed by atoms with Crippen molar-refractivity contribution in [2.45, 2.75) is 38.7 Å². The Hall–Kier alpha value is -4.13. The lowest BCUT2D eigenvalue weighted by Crippen LogP contribution is -2.16. The number of ether oxygens (including phenoxy) is 1. The molecule has 0 radical (unpaired) electrons. The Labute approximate surface area is 211 Å². The Bertz CT molecular complexity index is 1270. The van der Waals surface area contributed by atoms with Gasteiger partial charge in [0.1, 0.15) is 24.5 Å². The van der Waals surface area contributed by atoms with Gasteiger partial charge in [-0.3, -0.25) is 9.48 Å². The van der Waals surface area contributed by atoms with E-state index in [0.29, 0.717) is 29.4 Å². The van der Waals surface area contributed by atoms with Crippen molar-refractivity contribution >= 4 is 29.8 Å². The molecular formula is C29H31N3O4. The first kappa shape index (κ1) is 25.0. The van der Waals surface area contributed by atoms with Crippen LogP contribution in [0.4, 0.5) is 5.82 Å². The predicted octanol–water partition coefficient (Wildman–Crippen LogP) is 5.94. The van der Waals surface area contributed by atoms with Gasteiger partial charge in [-0.15, -0.1) is 0 Å². The van der Waals surface area contributed by atoms with Crippen molar-refractivity contribution in [1.29, 1.82) is 0 Å². The zero-order valence-electron chi connectivity index (χ0n) is 20.4. The maximum absolute atomic E-state index is 12.3. The lowest BCUT2D eigenvalue weighted by Gasteiger charge is -2.25. The van der Waals surface area contributed by atoms with E-state index in [9.17, 15) is 14.7 Å². The van der Waals surface area contributed by atoms with E-state index in [2.05, 4.69) is 17.0 Å². The lowest BCUT2D eigenvalue weighted by molar-refractivity contribution is -0.105. The van der Waals surface area contributed by atoms with E-state index in [1.807, 2.05) is 48.5 Å². The Morgan fingerprint density at radius 3 is 2.56 bits per heavy atom. The zero-order chi connectivity index (χ0) is 25.5. The van der Waals surface area contributed by atoms with E-state index in [-0.39, 0.29) is 11.6 Å². The molecular weight excluding hydrogens is 454 g/mol. The molecule has 186 valence electrons. The summed E-state index contributed by atoms with van der Waals surface area (Å²) in [5, 5.41) is 16.7. The number of nitrogens with one attached hydrogen (secondary N) is 1. The van der Waals surface area contributed by atoms with Crippen LogP contribution < -0.4 is 10.1 Å². The fourth-order valence-electron chi connectivity index (χ4n) is 4.60. The molecule has 0 saturated heterocycles. The summed E-state index contributed by atoms with van der Waals surface area (Å²) < 4.78 is 7.45. The monoisotopic (exact) mass is 485 g/mol. The van der Waals surface area contributed by atoms with Crippen LogP contribution in [0.2, 0.25) is 0 Å². The summed E-state index contributed by atoms with van der Waals surface area (Å²) in [5.74, 6) is 0.257. The number of carbonyl (C=O) groups excluding carboxylic acids is 1. The summed E-state index contributed by atoms with van der Waals surface area (Å²) >= 11 is 0. The van der Waals surface area contributed by atoms with Crippen molar-refractivity contribution in [2.75, 3.05) is 5.32 Å². The highest BCUT2D eigenvalue weighted by Crippen LogP contribution is 2.34. The molecule has 1 heterocycles. The van der Waals surface area contributed by atoms with Gasteiger partial charge >= 0.3 is 5.97 Å². The van der Waals surface area contributed by atoms with Gasteiger partial charge in [0, 0.05) is 18.7 Å². The third-order valence-corrected chi connectivity index (χ3v) is 6.55. The highest BCUT2D eigenvalue weighted by Gasteiger charge is 2.23. The number of hydrogen-bond donors (Lipinski definition) is 2. The van der Waals surface area contributed by atoms with E-state index in [1.165, 1.54) is 17.2 Å². The first-order chi connectivity index (χ1) is 17.5. The normalized spacial score (nSPS) is 14.6. The van der Waals surface area contributed by atoms with Gasteiger partial charge in [0.15, 0.2) is 5.69 Å². The number of benzene rings is 2. The van der Waals surface area contributed by atoms with Crippen molar-refractivity contribution in [2.24, 2.45) is 13.0 Å². The zero-order valence-corrected chi connectivity index (χ0v) is 20.4. The molecule has 1 aromatic heterocycles. The molecule has 4 rings (SSSR count). The molecule has 0 atom stereocenters. The van der Waals surface area contributed by atoms with Crippen LogP contribution in [-0.4, -0.2) is 27.1 Å². The molecule has 1 saturated carbocycles. The largest absolute Gasteiger partial charge is 0.489 e. The molecule has 0 aliphatic heterocycles. The second-order valence-corrected chi connectivity index (χ2v) is 9.01. The van der Waals surface area contributed by atoms with Gasteiger partial charge in [-0.2, -0.15) is 5.10 Å². The van der Waals surface area contributed by atoms with Crippen LogP contribution in [0.3, 0.4) is 0 Å². The van der Waals surface area contributed by atoms with Crippen molar-refractivity contribution in [3.05, 3.63) is 89.1 Å².